The van der Waals surface area contributed by atoms with Crippen LogP contribution < -0.4 is 14.4 Å². The molecule has 156 valence electrons. The molecule has 0 heterocycles. The molecule has 0 bridgehead atoms. The van der Waals surface area contributed by atoms with Gasteiger partial charge in [0.2, 0.25) is 0 Å². The van der Waals surface area contributed by atoms with Crippen LogP contribution >= 0.6 is 0 Å². The third-order valence-corrected chi connectivity index (χ3v) is 4.47. The van der Waals surface area contributed by atoms with Crippen LogP contribution in [0.5, 0.6) is 11.5 Å². The molecule has 8 nitrogen and oxygen atoms in total. The lowest BCUT2D eigenvalue weighted by Crippen LogP contribution is -2.30. The summed E-state index contributed by atoms with van der Waals surface area (Å²) >= 11 is 0. The Bertz CT molecular complexity index is 883. The van der Waals surface area contributed by atoms with E-state index in [9.17, 15) is 14.9 Å². The van der Waals surface area contributed by atoms with Crippen molar-refractivity contribution < 1.29 is 19.2 Å². The highest BCUT2D eigenvalue weighted by atomic mass is 16.6. The van der Waals surface area contributed by atoms with Gasteiger partial charge in [0.1, 0.15) is 5.69 Å². The maximum Gasteiger partial charge on any atom is 0.293 e. The summed E-state index contributed by atoms with van der Waals surface area (Å²) in [5.74, 6) is 0.968. The van der Waals surface area contributed by atoms with Crippen LogP contribution in [-0.4, -0.2) is 50.1 Å². The Balaban J connectivity index is 2.29. The molecule has 0 fully saturated rings. The summed E-state index contributed by atoms with van der Waals surface area (Å²) in [6.45, 7) is 5.09. The summed E-state index contributed by atoms with van der Waals surface area (Å²) in [6.07, 6.45) is 0. The van der Waals surface area contributed by atoms with Crippen molar-refractivity contribution in [3.05, 3.63) is 57.6 Å². The maximum absolute atomic E-state index is 13.0. The molecule has 0 radical (unpaired) electrons. The van der Waals surface area contributed by atoms with Crippen LogP contribution in [0.2, 0.25) is 0 Å². The molecule has 29 heavy (non-hydrogen) atoms. The van der Waals surface area contributed by atoms with E-state index in [0.29, 0.717) is 36.9 Å². The number of carbonyl (C=O) groups excluding carboxylic acids is 1. The fraction of sp³-hybridized carbons (Fsp3) is 0.381. The number of hydrogen-bond acceptors (Lipinski definition) is 6. The van der Waals surface area contributed by atoms with E-state index in [0.717, 1.165) is 5.56 Å². The number of nitro benzene ring substituents is 1. The molecule has 0 unspecified atom stereocenters. The number of ether oxygens (including phenoxy) is 2. The van der Waals surface area contributed by atoms with Crippen molar-refractivity contribution >= 4 is 17.3 Å². The summed E-state index contributed by atoms with van der Waals surface area (Å²) in [4.78, 5) is 27.2. The average molecular weight is 401 g/mol. The Hall–Kier alpha value is -3.29. The van der Waals surface area contributed by atoms with Gasteiger partial charge in [0, 0.05) is 38.8 Å². The van der Waals surface area contributed by atoms with Crippen LogP contribution in [0, 0.1) is 10.1 Å². The zero-order chi connectivity index (χ0) is 21.6. The number of nitrogens with zero attached hydrogens (tertiary/aromatic N) is 3. The molecule has 2 aromatic rings. The first-order chi connectivity index (χ1) is 13.8. The molecule has 8 heteroatoms. The number of carbonyl (C=O) groups is 1. The lowest BCUT2D eigenvalue weighted by Gasteiger charge is -2.22. The van der Waals surface area contributed by atoms with Gasteiger partial charge in [-0.1, -0.05) is 6.07 Å². The van der Waals surface area contributed by atoms with Gasteiger partial charge < -0.3 is 19.3 Å². The first-order valence-electron chi connectivity index (χ1n) is 9.37. The predicted molar refractivity (Wildman–Crippen MR) is 112 cm³/mol. The molecule has 2 rings (SSSR count). The van der Waals surface area contributed by atoms with Crippen molar-refractivity contribution in [3.63, 3.8) is 0 Å². The summed E-state index contributed by atoms with van der Waals surface area (Å²) in [5.41, 5.74) is 1.51. The van der Waals surface area contributed by atoms with Gasteiger partial charge in [0.05, 0.1) is 18.6 Å². The number of rotatable bonds is 9. The van der Waals surface area contributed by atoms with E-state index in [4.69, 9.17) is 9.47 Å². The predicted octanol–water partition coefficient (Wildman–Crippen LogP) is 3.73. The number of methoxy groups -OCH3 is 1. The SMILES string of the molecule is CCOc1ccc(CN(CC)C(=O)c2ccc(N(C)C)c([N+](=O)[O-])c2)cc1OC. The van der Waals surface area contributed by atoms with Crippen molar-refractivity contribution in [3.8, 4) is 11.5 Å². The van der Waals surface area contributed by atoms with E-state index < -0.39 is 4.92 Å². The smallest absolute Gasteiger partial charge is 0.293 e. The van der Waals surface area contributed by atoms with Gasteiger partial charge in [-0.2, -0.15) is 0 Å². The Morgan fingerprint density at radius 3 is 2.38 bits per heavy atom. The summed E-state index contributed by atoms with van der Waals surface area (Å²) in [7, 11) is 5.01. The van der Waals surface area contributed by atoms with Gasteiger partial charge >= 0.3 is 0 Å². The maximum atomic E-state index is 13.0. The second-order valence-corrected chi connectivity index (χ2v) is 6.59. The minimum atomic E-state index is -0.473. The molecule has 0 saturated carbocycles. The van der Waals surface area contributed by atoms with E-state index in [2.05, 4.69) is 0 Å². The lowest BCUT2D eigenvalue weighted by molar-refractivity contribution is -0.384. The number of benzene rings is 2. The van der Waals surface area contributed by atoms with Crippen molar-refractivity contribution in [1.29, 1.82) is 0 Å². The molecule has 0 aliphatic heterocycles. The van der Waals surface area contributed by atoms with E-state index >= 15 is 0 Å². The van der Waals surface area contributed by atoms with Crippen molar-refractivity contribution in [1.82, 2.24) is 4.90 Å². The molecular weight excluding hydrogens is 374 g/mol. The van der Waals surface area contributed by atoms with Crippen molar-refractivity contribution in [2.45, 2.75) is 20.4 Å². The molecule has 0 N–H and O–H groups in total. The Morgan fingerprint density at radius 1 is 1.10 bits per heavy atom. The third kappa shape index (κ3) is 5.16. The standard InChI is InChI=1S/C21H27N3O5/c1-6-23(14-15-8-11-19(29-7-2)20(12-15)28-5)21(25)16-9-10-17(22(3)4)18(13-16)24(26)27/h8-13H,6-7,14H2,1-5H3. The van der Waals surface area contributed by atoms with E-state index in [1.165, 1.54) is 6.07 Å². The second-order valence-electron chi connectivity index (χ2n) is 6.59. The first kappa shape index (κ1) is 22.0. The quantitative estimate of drug-likeness (QED) is 0.470. The van der Waals surface area contributed by atoms with Gasteiger partial charge in [-0.3, -0.25) is 14.9 Å². The van der Waals surface area contributed by atoms with E-state index in [1.54, 1.807) is 43.1 Å². The molecule has 1 amide bonds. The summed E-state index contributed by atoms with van der Waals surface area (Å²) in [5, 5.41) is 11.4. The lowest BCUT2D eigenvalue weighted by atomic mass is 10.1. The van der Waals surface area contributed by atoms with E-state index in [1.807, 2.05) is 32.0 Å². The average Bonchev–Trinajstić information content (AvgIpc) is 2.71. The molecule has 0 aliphatic carbocycles. The number of nitro groups is 1. The monoisotopic (exact) mass is 401 g/mol. The molecule has 0 saturated heterocycles. The molecular formula is C21H27N3O5. The second kappa shape index (κ2) is 9.77. The van der Waals surface area contributed by atoms with E-state index in [-0.39, 0.29) is 17.2 Å². The van der Waals surface area contributed by atoms with Gasteiger partial charge in [0.25, 0.3) is 11.6 Å². The first-order valence-corrected chi connectivity index (χ1v) is 9.37. The minimum absolute atomic E-state index is 0.0976. The third-order valence-electron chi connectivity index (χ3n) is 4.47. The number of anilines is 1. The van der Waals surface area contributed by atoms with Crippen LogP contribution in [0.4, 0.5) is 11.4 Å². The molecule has 0 spiro atoms. The molecule has 0 atom stereocenters. The number of hydrogen-bond donors (Lipinski definition) is 0. The van der Waals surface area contributed by atoms with Crippen LogP contribution in [0.3, 0.4) is 0 Å². The summed E-state index contributed by atoms with van der Waals surface area (Å²) in [6, 6.07) is 10.1. The van der Waals surface area contributed by atoms with Gasteiger partial charge in [-0.25, -0.2) is 0 Å². The highest BCUT2D eigenvalue weighted by Crippen LogP contribution is 2.30. The van der Waals surface area contributed by atoms with Crippen LogP contribution in [-0.2, 0) is 6.54 Å². The zero-order valence-corrected chi connectivity index (χ0v) is 17.5. The van der Waals surface area contributed by atoms with Gasteiger partial charge in [-0.05, 0) is 43.7 Å². The fourth-order valence-electron chi connectivity index (χ4n) is 3.00. The van der Waals surface area contributed by atoms with Crippen LogP contribution in [0.15, 0.2) is 36.4 Å². The zero-order valence-electron chi connectivity index (χ0n) is 17.5. The normalized spacial score (nSPS) is 10.4. The number of amides is 1. The van der Waals surface area contributed by atoms with Crippen molar-refractivity contribution in [2.75, 3.05) is 39.3 Å². The summed E-state index contributed by atoms with van der Waals surface area (Å²) < 4.78 is 10.9. The Morgan fingerprint density at radius 2 is 1.83 bits per heavy atom. The highest BCUT2D eigenvalue weighted by molar-refractivity contribution is 5.95. The molecule has 2 aromatic carbocycles. The van der Waals surface area contributed by atoms with Crippen molar-refractivity contribution in [2.24, 2.45) is 0 Å². The van der Waals surface area contributed by atoms with Crippen LogP contribution in [0.25, 0.3) is 0 Å². The molecule has 0 aliphatic rings. The highest BCUT2D eigenvalue weighted by Gasteiger charge is 2.22. The fourth-order valence-corrected chi connectivity index (χ4v) is 3.00. The Kier molecular flexibility index (Phi) is 7.41. The van der Waals surface area contributed by atoms with Gasteiger partial charge in [0.15, 0.2) is 11.5 Å². The van der Waals surface area contributed by atoms with Crippen LogP contribution in [0.1, 0.15) is 29.8 Å². The molecule has 0 aromatic heterocycles. The Labute approximate surface area is 170 Å². The topological polar surface area (TPSA) is 85.2 Å². The largest absolute Gasteiger partial charge is 0.493 e. The minimum Gasteiger partial charge on any atom is -0.493 e. The van der Waals surface area contributed by atoms with Gasteiger partial charge in [-0.15, -0.1) is 0 Å².